The maximum absolute atomic E-state index is 12.4. The van der Waals surface area contributed by atoms with E-state index >= 15 is 0 Å². The van der Waals surface area contributed by atoms with E-state index in [-0.39, 0.29) is 23.8 Å². The number of carbonyl (C=O) groups excluding carboxylic acids is 1. The van der Waals surface area contributed by atoms with E-state index in [1.54, 1.807) is 17.6 Å². The zero-order valence-electron chi connectivity index (χ0n) is 12.7. The molecule has 0 bridgehead atoms. The first kappa shape index (κ1) is 14.9. The lowest BCUT2D eigenvalue weighted by Gasteiger charge is -2.18. The van der Waals surface area contributed by atoms with E-state index < -0.39 is 0 Å². The molecule has 122 valence electrons. The Kier molecular flexibility index (Phi) is 4.15. The van der Waals surface area contributed by atoms with Gasteiger partial charge in [-0.25, -0.2) is 4.98 Å². The van der Waals surface area contributed by atoms with Crippen molar-refractivity contribution in [3.05, 3.63) is 40.7 Å². The van der Waals surface area contributed by atoms with Crippen molar-refractivity contribution in [2.24, 2.45) is 11.8 Å². The predicted molar refractivity (Wildman–Crippen MR) is 84.7 cm³/mol. The van der Waals surface area contributed by atoms with Gasteiger partial charge in [0.2, 0.25) is 5.91 Å². The molecule has 7 heteroatoms. The standard InChI is InChI=1S/C16H19N3O3S/c20-16(18-6-11-2-1-4-21-11)13-10-22-14-8-19(7-12(13)14)9-15-17-3-5-23-15/h1-5,12-14H,6-10H2,(H,18,20)/t12-,13+,14-/m1/s1. The topological polar surface area (TPSA) is 67.6 Å². The highest BCUT2D eigenvalue weighted by atomic mass is 32.1. The molecule has 6 nitrogen and oxygen atoms in total. The van der Waals surface area contributed by atoms with E-state index in [4.69, 9.17) is 9.15 Å². The third-order valence-corrected chi connectivity index (χ3v) is 5.35. The van der Waals surface area contributed by atoms with Crippen LogP contribution in [0, 0.1) is 11.8 Å². The molecule has 23 heavy (non-hydrogen) atoms. The van der Waals surface area contributed by atoms with Crippen molar-refractivity contribution in [2.75, 3.05) is 19.7 Å². The van der Waals surface area contributed by atoms with Crippen molar-refractivity contribution >= 4 is 17.2 Å². The fourth-order valence-corrected chi connectivity index (χ4v) is 4.09. The monoisotopic (exact) mass is 333 g/mol. The van der Waals surface area contributed by atoms with Crippen LogP contribution in [0.15, 0.2) is 34.4 Å². The maximum atomic E-state index is 12.4. The molecule has 0 radical (unpaired) electrons. The number of ether oxygens (including phenoxy) is 1. The molecular weight excluding hydrogens is 314 g/mol. The van der Waals surface area contributed by atoms with Gasteiger partial charge >= 0.3 is 0 Å². The van der Waals surface area contributed by atoms with Gasteiger partial charge < -0.3 is 14.5 Å². The van der Waals surface area contributed by atoms with E-state index in [9.17, 15) is 4.79 Å². The van der Waals surface area contributed by atoms with E-state index in [0.29, 0.717) is 13.2 Å². The van der Waals surface area contributed by atoms with Crippen LogP contribution in [-0.2, 0) is 22.6 Å². The van der Waals surface area contributed by atoms with Crippen LogP contribution >= 0.6 is 11.3 Å². The Balaban J connectivity index is 1.33. The van der Waals surface area contributed by atoms with Crippen LogP contribution < -0.4 is 5.32 Å². The van der Waals surface area contributed by atoms with Crippen LogP contribution in [0.4, 0.5) is 0 Å². The first-order chi connectivity index (χ1) is 11.3. The molecule has 4 heterocycles. The van der Waals surface area contributed by atoms with Gasteiger partial charge in [0.05, 0.1) is 38.0 Å². The molecule has 2 aliphatic heterocycles. The van der Waals surface area contributed by atoms with Crippen LogP contribution in [0.3, 0.4) is 0 Å². The number of aromatic nitrogens is 1. The Bertz CT molecular complexity index is 644. The molecule has 2 aromatic rings. The summed E-state index contributed by atoms with van der Waals surface area (Å²) < 4.78 is 11.1. The highest BCUT2D eigenvalue weighted by Gasteiger charge is 2.46. The summed E-state index contributed by atoms with van der Waals surface area (Å²) in [6.07, 6.45) is 3.61. The molecule has 2 aliphatic rings. The molecule has 1 amide bonds. The van der Waals surface area contributed by atoms with Crippen LogP contribution in [0.5, 0.6) is 0 Å². The van der Waals surface area contributed by atoms with Crippen molar-refractivity contribution in [2.45, 2.75) is 19.2 Å². The Morgan fingerprint density at radius 2 is 2.43 bits per heavy atom. The molecular formula is C16H19N3O3S. The van der Waals surface area contributed by atoms with Crippen molar-refractivity contribution < 1.29 is 13.9 Å². The number of nitrogens with one attached hydrogen (secondary N) is 1. The van der Waals surface area contributed by atoms with Gasteiger partial charge in [0.25, 0.3) is 0 Å². The van der Waals surface area contributed by atoms with Gasteiger partial charge in [-0.15, -0.1) is 11.3 Å². The van der Waals surface area contributed by atoms with Crippen molar-refractivity contribution in [3.8, 4) is 0 Å². The zero-order chi connectivity index (χ0) is 15.6. The molecule has 0 aliphatic carbocycles. The van der Waals surface area contributed by atoms with Gasteiger partial charge in [-0.3, -0.25) is 9.69 Å². The number of hydrogen-bond acceptors (Lipinski definition) is 6. The SMILES string of the molecule is O=C(NCc1ccco1)[C@H]1CO[C@@H]2CN(Cc3nccs3)C[C@H]12. The zero-order valence-corrected chi connectivity index (χ0v) is 13.5. The number of amides is 1. The molecule has 0 unspecified atom stereocenters. The third-order valence-electron chi connectivity index (χ3n) is 4.59. The normalized spacial score (nSPS) is 27.2. The summed E-state index contributed by atoms with van der Waals surface area (Å²) >= 11 is 1.67. The van der Waals surface area contributed by atoms with Gasteiger partial charge in [0.1, 0.15) is 10.8 Å². The first-order valence-electron chi connectivity index (χ1n) is 7.82. The van der Waals surface area contributed by atoms with Crippen LogP contribution in [-0.4, -0.2) is 41.6 Å². The van der Waals surface area contributed by atoms with Gasteiger partial charge in [0, 0.05) is 30.6 Å². The molecule has 2 fully saturated rings. The lowest BCUT2D eigenvalue weighted by atomic mass is 9.92. The number of nitrogens with zero attached hydrogens (tertiary/aromatic N) is 2. The van der Waals surface area contributed by atoms with Crippen molar-refractivity contribution in [1.29, 1.82) is 0 Å². The van der Waals surface area contributed by atoms with Gasteiger partial charge in [-0.1, -0.05) is 0 Å². The van der Waals surface area contributed by atoms with E-state index in [2.05, 4.69) is 15.2 Å². The molecule has 0 aromatic carbocycles. The number of likely N-dealkylation sites (tertiary alicyclic amines) is 1. The minimum Gasteiger partial charge on any atom is -0.467 e. The second-order valence-corrected chi connectivity index (χ2v) is 7.04. The first-order valence-corrected chi connectivity index (χ1v) is 8.70. The molecule has 2 saturated heterocycles. The van der Waals surface area contributed by atoms with Crippen LogP contribution in [0.1, 0.15) is 10.8 Å². The molecule has 0 saturated carbocycles. The lowest BCUT2D eigenvalue weighted by Crippen LogP contribution is -2.36. The van der Waals surface area contributed by atoms with E-state index in [1.165, 1.54) is 0 Å². The average Bonchev–Trinajstić information content (AvgIpc) is 3.30. The lowest BCUT2D eigenvalue weighted by molar-refractivity contribution is -0.126. The van der Waals surface area contributed by atoms with Gasteiger partial charge in [-0.05, 0) is 12.1 Å². The number of furan rings is 1. The molecule has 1 N–H and O–H groups in total. The summed E-state index contributed by atoms with van der Waals surface area (Å²) in [6, 6.07) is 3.68. The van der Waals surface area contributed by atoms with Crippen LogP contribution in [0.25, 0.3) is 0 Å². The van der Waals surface area contributed by atoms with Crippen LogP contribution in [0.2, 0.25) is 0 Å². The summed E-state index contributed by atoms with van der Waals surface area (Å²) in [5.41, 5.74) is 0. The maximum Gasteiger partial charge on any atom is 0.226 e. The Morgan fingerprint density at radius 1 is 1.48 bits per heavy atom. The predicted octanol–water partition coefficient (Wildman–Crippen LogP) is 1.50. The molecule has 0 spiro atoms. The number of carbonyl (C=O) groups is 1. The van der Waals surface area contributed by atoms with Gasteiger partial charge in [0.15, 0.2) is 0 Å². The minimum absolute atomic E-state index is 0.0602. The highest BCUT2D eigenvalue weighted by Crippen LogP contribution is 2.34. The summed E-state index contributed by atoms with van der Waals surface area (Å²) in [5, 5.41) is 6.07. The third kappa shape index (κ3) is 3.17. The number of fused-ring (bicyclic) bond motifs is 1. The smallest absolute Gasteiger partial charge is 0.226 e. The van der Waals surface area contributed by atoms with Crippen molar-refractivity contribution in [1.82, 2.24) is 15.2 Å². The second kappa shape index (κ2) is 6.43. The highest BCUT2D eigenvalue weighted by molar-refractivity contribution is 7.09. The van der Waals surface area contributed by atoms with Gasteiger partial charge in [-0.2, -0.15) is 0 Å². The summed E-state index contributed by atoms with van der Waals surface area (Å²) in [4.78, 5) is 19.1. The Hall–Kier alpha value is -1.70. The fourth-order valence-electron chi connectivity index (χ4n) is 3.43. The number of rotatable bonds is 5. The molecule has 2 aromatic heterocycles. The second-order valence-electron chi connectivity index (χ2n) is 6.06. The largest absolute Gasteiger partial charge is 0.467 e. The minimum atomic E-state index is -0.0729. The number of hydrogen-bond donors (Lipinski definition) is 1. The number of thiazole rings is 1. The van der Waals surface area contributed by atoms with Crippen molar-refractivity contribution in [3.63, 3.8) is 0 Å². The molecule has 4 rings (SSSR count). The summed E-state index contributed by atoms with van der Waals surface area (Å²) in [6.45, 7) is 3.57. The van der Waals surface area contributed by atoms with E-state index in [0.717, 1.165) is 30.4 Å². The Labute approximate surface area is 138 Å². The quantitative estimate of drug-likeness (QED) is 0.898. The van der Waals surface area contributed by atoms with E-state index in [1.807, 2.05) is 23.7 Å². The average molecular weight is 333 g/mol. The summed E-state index contributed by atoms with van der Waals surface area (Å²) in [7, 11) is 0. The molecule has 3 atom stereocenters. The Morgan fingerprint density at radius 3 is 3.22 bits per heavy atom. The summed E-state index contributed by atoms with van der Waals surface area (Å²) in [5.74, 6) is 1.03. The fraction of sp³-hybridized carbons (Fsp3) is 0.500.